The van der Waals surface area contributed by atoms with Crippen LogP contribution in [0.3, 0.4) is 0 Å². The SMILES string of the molecule is c1ccc(-c2ccc(N(c3ccc(-c4ccc(-c5cccc6c5c5c(n6-c6ccccc6)N(c6ccccc6)c6ccccc6O5)cc4)cc3)c3ccc(-c4ccccc4-c4ccccc4)cc3)cc2)cc1. The maximum atomic E-state index is 7.00. The first kappa shape index (κ1) is 42.5. The van der Waals surface area contributed by atoms with E-state index in [-0.39, 0.29) is 0 Å². The molecule has 72 heavy (non-hydrogen) atoms. The number of fused-ring (bicyclic) bond motifs is 4. The van der Waals surface area contributed by atoms with E-state index >= 15 is 0 Å². The maximum absolute atomic E-state index is 7.00. The van der Waals surface area contributed by atoms with Gasteiger partial charge in [-0.05, 0) is 134 Å². The number of nitrogens with zero attached hydrogens (tertiary/aromatic N) is 3. The molecule has 0 unspecified atom stereocenters. The van der Waals surface area contributed by atoms with Crippen LogP contribution in [0.15, 0.2) is 285 Å². The van der Waals surface area contributed by atoms with Crippen LogP contribution in [0.5, 0.6) is 11.5 Å². The molecule has 4 heteroatoms. The van der Waals surface area contributed by atoms with Crippen LogP contribution in [-0.2, 0) is 0 Å². The smallest absolute Gasteiger partial charge is 0.179 e. The minimum absolute atomic E-state index is 0.818. The number of hydrogen-bond donors (Lipinski definition) is 0. The standard InChI is InChI=1S/C68H47N3O/c1-5-18-48(19-6-1)50-36-42-57(43-37-50)69(59-46-40-53(41-47-59)61-27-14-13-26-60(61)52-20-7-2-8-21-52)58-44-38-51(39-45-58)49-32-34-54(35-33-49)62-28-17-30-64-66(62)67-68(71(64)56-24-11-4-12-25-56)70(55-22-9-3-10-23-55)63-29-15-16-31-65(63)72-67/h1-47H. The summed E-state index contributed by atoms with van der Waals surface area (Å²) < 4.78 is 9.34. The summed E-state index contributed by atoms with van der Waals surface area (Å²) in [6.07, 6.45) is 0. The fourth-order valence-corrected chi connectivity index (χ4v) is 10.4. The van der Waals surface area contributed by atoms with Gasteiger partial charge in [0.1, 0.15) is 0 Å². The predicted molar refractivity (Wildman–Crippen MR) is 300 cm³/mol. The lowest BCUT2D eigenvalue weighted by Crippen LogP contribution is -2.18. The van der Waals surface area contributed by atoms with E-state index in [0.717, 1.165) is 84.6 Å². The summed E-state index contributed by atoms with van der Waals surface area (Å²) in [5.74, 6) is 2.62. The molecule has 2 heterocycles. The third-order valence-corrected chi connectivity index (χ3v) is 13.8. The quantitative estimate of drug-likeness (QED) is 0.136. The maximum Gasteiger partial charge on any atom is 0.179 e. The van der Waals surface area contributed by atoms with E-state index in [9.17, 15) is 0 Å². The number of aromatic nitrogens is 1. The second-order valence-electron chi connectivity index (χ2n) is 18.1. The van der Waals surface area contributed by atoms with Gasteiger partial charge in [-0.25, -0.2) is 0 Å². The van der Waals surface area contributed by atoms with Crippen LogP contribution >= 0.6 is 0 Å². The Balaban J connectivity index is 0.861. The van der Waals surface area contributed by atoms with Gasteiger partial charge in [-0.15, -0.1) is 0 Å². The van der Waals surface area contributed by atoms with Crippen molar-refractivity contribution in [3.63, 3.8) is 0 Å². The summed E-state index contributed by atoms with van der Waals surface area (Å²) in [6.45, 7) is 0. The van der Waals surface area contributed by atoms with Crippen molar-refractivity contribution in [1.29, 1.82) is 0 Å². The van der Waals surface area contributed by atoms with Crippen molar-refractivity contribution in [2.75, 3.05) is 9.80 Å². The first-order valence-electron chi connectivity index (χ1n) is 24.5. The zero-order valence-electron chi connectivity index (χ0n) is 39.4. The lowest BCUT2D eigenvalue weighted by atomic mass is 9.94. The van der Waals surface area contributed by atoms with Crippen molar-refractivity contribution in [2.24, 2.45) is 0 Å². The highest BCUT2D eigenvalue weighted by atomic mass is 16.5. The molecule has 1 aromatic heterocycles. The van der Waals surface area contributed by atoms with Gasteiger partial charge in [-0.3, -0.25) is 9.47 Å². The Morgan fingerprint density at radius 2 is 0.681 bits per heavy atom. The molecule has 0 saturated carbocycles. The van der Waals surface area contributed by atoms with Gasteiger partial charge in [0, 0.05) is 28.4 Å². The molecule has 0 spiro atoms. The fraction of sp³-hybridized carbons (Fsp3) is 0. The third kappa shape index (κ3) is 7.68. The number of para-hydroxylation sites is 4. The van der Waals surface area contributed by atoms with Crippen molar-refractivity contribution in [3.05, 3.63) is 285 Å². The first-order valence-corrected chi connectivity index (χ1v) is 24.5. The number of anilines is 6. The molecular weight excluding hydrogens is 875 g/mol. The largest absolute Gasteiger partial charge is 0.451 e. The van der Waals surface area contributed by atoms with Gasteiger partial charge in [0.05, 0.1) is 16.6 Å². The highest BCUT2D eigenvalue weighted by Gasteiger charge is 2.34. The Morgan fingerprint density at radius 3 is 1.25 bits per heavy atom. The summed E-state index contributed by atoms with van der Waals surface area (Å²) in [5, 5.41) is 1.06. The zero-order valence-corrected chi connectivity index (χ0v) is 39.4. The molecule has 4 nitrogen and oxygen atoms in total. The van der Waals surface area contributed by atoms with Gasteiger partial charge in [0.2, 0.25) is 0 Å². The molecule has 11 aromatic carbocycles. The van der Waals surface area contributed by atoms with Gasteiger partial charge in [0.25, 0.3) is 0 Å². The molecule has 0 atom stereocenters. The number of rotatable bonds is 10. The predicted octanol–water partition coefficient (Wildman–Crippen LogP) is 19.0. The van der Waals surface area contributed by atoms with Crippen LogP contribution in [0.2, 0.25) is 0 Å². The molecule has 340 valence electrons. The van der Waals surface area contributed by atoms with E-state index in [2.05, 4.69) is 293 Å². The molecule has 0 amide bonds. The van der Waals surface area contributed by atoms with E-state index in [4.69, 9.17) is 4.74 Å². The molecule has 1 aliphatic rings. The molecule has 0 aliphatic carbocycles. The highest BCUT2D eigenvalue weighted by molar-refractivity contribution is 6.08. The minimum atomic E-state index is 0.818. The Kier molecular flexibility index (Phi) is 10.8. The first-order chi connectivity index (χ1) is 35.7. The Labute approximate surface area is 420 Å². The van der Waals surface area contributed by atoms with E-state index in [1.165, 1.54) is 33.4 Å². The van der Waals surface area contributed by atoms with Gasteiger partial charge in [0.15, 0.2) is 17.3 Å². The molecule has 1 aliphatic heterocycles. The van der Waals surface area contributed by atoms with E-state index in [1.807, 2.05) is 6.07 Å². The molecule has 12 aromatic rings. The van der Waals surface area contributed by atoms with Crippen LogP contribution < -0.4 is 14.5 Å². The van der Waals surface area contributed by atoms with Crippen LogP contribution in [-0.4, -0.2) is 4.57 Å². The van der Waals surface area contributed by atoms with Crippen LogP contribution in [0.1, 0.15) is 0 Å². The molecule has 0 radical (unpaired) electrons. The summed E-state index contributed by atoms with van der Waals surface area (Å²) in [7, 11) is 0. The van der Waals surface area contributed by atoms with Crippen molar-refractivity contribution in [2.45, 2.75) is 0 Å². The van der Waals surface area contributed by atoms with Gasteiger partial charge < -0.3 is 9.64 Å². The zero-order chi connectivity index (χ0) is 47.8. The Hall–Kier alpha value is -9.64. The number of hydrogen-bond acceptors (Lipinski definition) is 3. The van der Waals surface area contributed by atoms with E-state index in [1.54, 1.807) is 0 Å². The Morgan fingerprint density at radius 1 is 0.292 bits per heavy atom. The van der Waals surface area contributed by atoms with Crippen LogP contribution in [0, 0.1) is 0 Å². The van der Waals surface area contributed by atoms with E-state index in [0.29, 0.717) is 0 Å². The monoisotopic (exact) mass is 921 g/mol. The summed E-state index contributed by atoms with van der Waals surface area (Å²) in [5.41, 5.74) is 19.1. The molecule has 0 bridgehead atoms. The summed E-state index contributed by atoms with van der Waals surface area (Å²) in [4.78, 5) is 4.68. The minimum Gasteiger partial charge on any atom is -0.451 e. The van der Waals surface area contributed by atoms with Crippen LogP contribution in [0.25, 0.3) is 72.2 Å². The molecule has 0 N–H and O–H groups in total. The topological polar surface area (TPSA) is 20.6 Å². The molecular formula is C68H47N3O. The number of benzene rings is 11. The summed E-state index contributed by atoms with van der Waals surface area (Å²) >= 11 is 0. The average Bonchev–Trinajstić information content (AvgIpc) is 3.80. The van der Waals surface area contributed by atoms with Crippen molar-refractivity contribution >= 4 is 45.2 Å². The van der Waals surface area contributed by atoms with Gasteiger partial charge in [-0.1, -0.05) is 206 Å². The van der Waals surface area contributed by atoms with Crippen LogP contribution in [0.4, 0.5) is 34.3 Å². The second kappa shape index (κ2) is 18.4. The molecule has 13 rings (SSSR count). The van der Waals surface area contributed by atoms with Gasteiger partial charge in [-0.2, -0.15) is 0 Å². The van der Waals surface area contributed by atoms with Crippen molar-refractivity contribution in [1.82, 2.24) is 4.57 Å². The lowest BCUT2D eigenvalue weighted by Gasteiger charge is -2.32. The van der Waals surface area contributed by atoms with Crippen molar-refractivity contribution < 1.29 is 4.74 Å². The number of ether oxygens (including phenoxy) is 1. The third-order valence-electron chi connectivity index (χ3n) is 13.8. The normalized spacial score (nSPS) is 11.7. The fourth-order valence-electron chi connectivity index (χ4n) is 10.4. The second-order valence-corrected chi connectivity index (χ2v) is 18.1. The average molecular weight is 922 g/mol. The van der Waals surface area contributed by atoms with Gasteiger partial charge >= 0.3 is 0 Å². The van der Waals surface area contributed by atoms with Crippen molar-refractivity contribution in [3.8, 4) is 72.8 Å². The van der Waals surface area contributed by atoms with E-state index < -0.39 is 0 Å². The molecule has 0 fully saturated rings. The molecule has 0 saturated heterocycles. The lowest BCUT2D eigenvalue weighted by molar-refractivity contribution is 0.481. The summed E-state index contributed by atoms with van der Waals surface area (Å²) in [6, 6.07) is 102. The highest BCUT2D eigenvalue weighted by Crippen LogP contribution is 2.57. The Bertz CT molecular complexity index is 3830.